The van der Waals surface area contributed by atoms with Crippen LogP contribution in [0.4, 0.5) is 5.69 Å². The Morgan fingerprint density at radius 3 is 1.97 bits per heavy atom. The summed E-state index contributed by atoms with van der Waals surface area (Å²) < 4.78 is 5.87. The maximum absolute atomic E-state index is 13.7. The number of amides is 2. The molecule has 3 aromatic rings. The molecule has 172 valence electrons. The van der Waals surface area contributed by atoms with E-state index in [0.717, 1.165) is 30.0 Å². The number of rotatable bonds is 5. The number of likely N-dealkylation sites (N-methyl/N-ethyl adjacent to an activating group) is 1. The Hall–Kier alpha value is -3.90. The predicted octanol–water partition coefficient (Wildman–Crippen LogP) is 4.32. The lowest BCUT2D eigenvalue weighted by atomic mass is 10.0. The van der Waals surface area contributed by atoms with Crippen LogP contribution in [0.15, 0.2) is 84.6 Å². The number of benzene rings is 3. The molecule has 0 N–H and O–H groups in total. The van der Waals surface area contributed by atoms with Crippen molar-refractivity contribution in [3.63, 3.8) is 0 Å². The van der Waals surface area contributed by atoms with Crippen LogP contribution >= 0.6 is 0 Å². The topological polar surface area (TPSA) is 53.1 Å². The first kappa shape index (κ1) is 21.9. The van der Waals surface area contributed by atoms with Crippen molar-refractivity contribution in [1.82, 2.24) is 9.80 Å². The number of anilines is 1. The number of hydrogen-bond donors (Lipinski definition) is 0. The molecule has 6 heteroatoms. The molecule has 34 heavy (non-hydrogen) atoms. The minimum absolute atomic E-state index is 0.276. The van der Waals surface area contributed by atoms with E-state index in [1.807, 2.05) is 61.5 Å². The van der Waals surface area contributed by atoms with Crippen LogP contribution in [0.25, 0.3) is 5.57 Å². The molecule has 2 heterocycles. The van der Waals surface area contributed by atoms with E-state index >= 15 is 0 Å². The Morgan fingerprint density at radius 2 is 1.32 bits per heavy atom. The number of piperazine rings is 1. The SMILES string of the molecule is Cc1ccc(C2=C(N3CCN(C)CC3)C(=O)N(c3ccc(Oc4ccccc4)cc3)C2=O)cc1. The van der Waals surface area contributed by atoms with Crippen LogP contribution in [0.3, 0.4) is 0 Å². The quantitative estimate of drug-likeness (QED) is 0.539. The molecule has 2 aliphatic heterocycles. The molecular formula is C28H27N3O3. The molecule has 0 aliphatic carbocycles. The van der Waals surface area contributed by atoms with Crippen molar-refractivity contribution in [3.05, 3.63) is 95.7 Å². The van der Waals surface area contributed by atoms with E-state index < -0.39 is 0 Å². The zero-order valence-corrected chi connectivity index (χ0v) is 19.4. The van der Waals surface area contributed by atoms with Gasteiger partial charge < -0.3 is 14.5 Å². The highest BCUT2D eigenvalue weighted by Gasteiger charge is 2.42. The Bertz CT molecular complexity index is 1230. The van der Waals surface area contributed by atoms with Gasteiger partial charge in [-0.15, -0.1) is 0 Å². The van der Waals surface area contributed by atoms with E-state index in [4.69, 9.17) is 4.74 Å². The first-order valence-corrected chi connectivity index (χ1v) is 11.5. The lowest BCUT2D eigenvalue weighted by Crippen LogP contribution is -2.46. The Kier molecular flexibility index (Phi) is 5.90. The summed E-state index contributed by atoms with van der Waals surface area (Å²) in [5.41, 5.74) is 3.37. The van der Waals surface area contributed by atoms with Gasteiger partial charge in [-0.05, 0) is 55.9 Å². The van der Waals surface area contributed by atoms with E-state index in [9.17, 15) is 9.59 Å². The molecule has 0 atom stereocenters. The lowest BCUT2D eigenvalue weighted by Gasteiger charge is -2.34. The second-order valence-corrected chi connectivity index (χ2v) is 8.73. The van der Waals surface area contributed by atoms with E-state index in [1.54, 1.807) is 24.3 Å². The van der Waals surface area contributed by atoms with Crippen molar-refractivity contribution in [2.75, 3.05) is 38.1 Å². The highest BCUT2D eigenvalue weighted by Crippen LogP contribution is 2.36. The molecule has 0 spiro atoms. The van der Waals surface area contributed by atoms with Crippen molar-refractivity contribution in [2.24, 2.45) is 0 Å². The van der Waals surface area contributed by atoms with Crippen LogP contribution in [-0.2, 0) is 9.59 Å². The van der Waals surface area contributed by atoms with Crippen molar-refractivity contribution < 1.29 is 14.3 Å². The van der Waals surface area contributed by atoms with Crippen LogP contribution in [0.5, 0.6) is 11.5 Å². The summed E-state index contributed by atoms with van der Waals surface area (Å²) in [7, 11) is 2.07. The summed E-state index contributed by atoms with van der Waals surface area (Å²) in [5.74, 6) is 0.797. The van der Waals surface area contributed by atoms with Crippen LogP contribution in [0.2, 0.25) is 0 Å². The molecule has 6 nitrogen and oxygen atoms in total. The molecule has 0 radical (unpaired) electrons. The van der Waals surface area contributed by atoms with Crippen LogP contribution in [0, 0.1) is 6.92 Å². The van der Waals surface area contributed by atoms with Gasteiger partial charge in [0.05, 0.1) is 11.3 Å². The molecule has 0 aromatic heterocycles. The van der Waals surface area contributed by atoms with Gasteiger partial charge in [-0.2, -0.15) is 0 Å². The fraction of sp³-hybridized carbons (Fsp3) is 0.214. The molecule has 3 aromatic carbocycles. The lowest BCUT2D eigenvalue weighted by molar-refractivity contribution is -0.120. The van der Waals surface area contributed by atoms with Gasteiger partial charge in [0.2, 0.25) is 0 Å². The third-order valence-electron chi connectivity index (χ3n) is 6.29. The van der Waals surface area contributed by atoms with Gasteiger partial charge in [0.25, 0.3) is 11.8 Å². The zero-order chi connectivity index (χ0) is 23.7. The summed E-state index contributed by atoms with van der Waals surface area (Å²) in [6.45, 7) is 5.11. The molecule has 0 bridgehead atoms. The number of aryl methyl sites for hydroxylation is 1. The summed E-state index contributed by atoms with van der Waals surface area (Å²) in [5, 5.41) is 0. The number of imide groups is 1. The van der Waals surface area contributed by atoms with Gasteiger partial charge in [0.1, 0.15) is 17.2 Å². The van der Waals surface area contributed by atoms with Crippen molar-refractivity contribution in [2.45, 2.75) is 6.92 Å². The molecular weight excluding hydrogens is 426 g/mol. The highest BCUT2D eigenvalue weighted by atomic mass is 16.5. The number of carbonyl (C=O) groups excluding carboxylic acids is 2. The van der Waals surface area contributed by atoms with Gasteiger partial charge >= 0.3 is 0 Å². The van der Waals surface area contributed by atoms with Crippen LogP contribution in [0.1, 0.15) is 11.1 Å². The van der Waals surface area contributed by atoms with Crippen molar-refractivity contribution >= 4 is 23.1 Å². The van der Waals surface area contributed by atoms with Crippen LogP contribution in [-0.4, -0.2) is 54.8 Å². The summed E-state index contributed by atoms with van der Waals surface area (Å²) >= 11 is 0. The fourth-order valence-corrected chi connectivity index (χ4v) is 4.34. The Balaban J connectivity index is 1.47. The predicted molar refractivity (Wildman–Crippen MR) is 133 cm³/mol. The van der Waals surface area contributed by atoms with E-state index in [2.05, 4.69) is 16.8 Å². The maximum Gasteiger partial charge on any atom is 0.282 e. The molecule has 0 unspecified atom stereocenters. The molecule has 2 amide bonds. The summed E-state index contributed by atoms with van der Waals surface area (Å²) in [6, 6.07) is 24.4. The normalized spacial score (nSPS) is 17.0. The third-order valence-corrected chi connectivity index (χ3v) is 6.29. The number of ether oxygens (including phenoxy) is 1. The average Bonchev–Trinajstić information content (AvgIpc) is 3.11. The minimum atomic E-state index is -0.292. The first-order chi connectivity index (χ1) is 16.5. The minimum Gasteiger partial charge on any atom is -0.457 e. The first-order valence-electron chi connectivity index (χ1n) is 11.5. The van der Waals surface area contributed by atoms with Gasteiger partial charge in [0.15, 0.2) is 0 Å². The van der Waals surface area contributed by atoms with E-state index in [0.29, 0.717) is 35.8 Å². The number of carbonyl (C=O) groups is 2. The standard InChI is InChI=1S/C28H27N3O3/c1-20-8-10-21(11-9-20)25-26(30-18-16-29(2)17-19-30)28(33)31(27(25)32)22-12-14-24(15-13-22)34-23-6-4-3-5-7-23/h3-15H,16-19H2,1-2H3. The maximum atomic E-state index is 13.7. The highest BCUT2D eigenvalue weighted by molar-refractivity contribution is 6.45. The summed E-state index contributed by atoms with van der Waals surface area (Å²) in [6.07, 6.45) is 0. The second kappa shape index (κ2) is 9.15. The molecule has 5 rings (SSSR count). The van der Waals surface area contributed by atoms with E-state index in [1.165, 1.54) is 4.90 Å². The molecule has 0 saturated carbocycles. The largest absolute Gasteiger partial charge is 0.457 e. The number of nitrogens with zero attached hydrogens (tertiary/aromatic N) is 3. The average molecular weight is 454 g/mol. The fourth-order valence-electron chi connectivity index (χ4n) is 4.34. The smallest absolute Gasteiger partial charge is 0.282 e. The molecule has 1 fully saturated rings. The number of para-hydroxylation sites is 1. The molecule has 1 saturated heterocycles. The Morgan fingerprint density at radius 1 is 0.706 bits per heavy atom. The third kappa shape index (κ3) is 4.20. The number of hydrogen-bond acceptors (Lipinski definition) is 5. The van der Waals surface area contributed by atoms with Crippen molar-refractivity contribution in [1.29, 1.82) is 0 Å². The monoisotopic (exact) mass is 453 g/mol. The summed E-state index contributed by atoms with van der Waals surface area (Å²) in [4.78, 5) is 32.9. The van der Waals surface area contributed by atoms with Gasteiger partial charge in [0, 0.05) is 26.2 Å². The van der Waals surface area contributed by atoms with Crippen LogP contribution < -0.4 is 9.64 Å². The second-order valence-electron chi connectivity index (χ2n) is 8.73. The molecule has 2 aliphatic rings. The van der Waals surface area contributed by atoms with Gasteiger partial charge in [-0.3, -0.25) is 9.59 Å². The van der Waals surface area contributed by atoms with Gasteiger partial charge in [-0.1, -0.05) is 48.0 Å². The zero-order valence-electron chi connectivity index (χ0n) is 19.4. The Labute approximate surface area is 199 Å². The van der Waals surface area contributed by atoms with E-state index in [-0.39, 0.29) is 11.8 Å². The van der Waals surface area contributed by atoms with Gasteiger partial charge in [-0.25, -0.2) is 4.90 Å². The van der Waals surface area contributed by atoms with Crippen molar-refractivity contribution in [3.8, 4) is 11.5 Å².